The van der Waals surface area contributed by atoms with E-state index in [9.17, 15) is 17.9 Å². The molecule has 0 amide bonds. The molecular formula is C12H16FNO3S. The third-order valence-electron chi connectivity index (χ3n) is 3.14. The second-order valence-electron chi connectivity index (χ2n) is 4.62. The van der Waals surface area contributed by atoms with E-state index in [1.807, 2.05) is 0 Å². The first kappa shape index (κ1) is 13.5. The zero-order valence-electron chi connectivity index (χ0n) is 10.1. The maximum Gasteiger partial charge on any atom is 0.245 e. The van der Waals surface area contributed by atoms with Crippen LogP contribution in [0.1, 0.15) is 12.8 Å². The van der Waals surface area contributed by atoms with Crippen molar-refractivity contribution in [2.75, 3.05) is 13.6 Å². The van der Waals surface area contributed by atoms with E-state index in [-0.39, 0.29) is 17.4 Å². The van der Waals surface area contributed by atoms with E-state index in [1.165, 1.54) is 25.2 Å². The Bertz CT molecular complexity index is 528. The molecule has 100 valence electrons. The lowest BCUT2D eigenvalue weighted by Gasteiger charge is -2.20. The van der Waals surface area contributed by atoms with Crippen LogP contribution >= 0.6 is 0 Å². The average Bonchev–Trinajstić information content (AvgIpc) is 3.12. The van der Waals surface area contributed by atoms with Crippen LogP contribution in [0, 0.1) is 11.7 Å². The smallest absolute Gasteiger partial charge is 0.245 e. The second kappa shape index (κ2) is 4.95. The number of rotatable bonds is 5. The van der Waals surface area contributed by atoms with E-state index in [1.54, 1.807) is 0 Å². The number of halogens is 1. The second-order valence-corrected chi connectivity index (χ2v) is 6.63. The van der Waals surface area contributed by atoms with Crippen LogP contribution in [0.5, 0.6) is 0 Å². The summed E-state index contributed by atoms with van der Waals surface area (Å²) in [6, 6.07) is 5.25. The van der Waals surface area contributed by atoms with Crippen LogP contribution < -0.4 is 0 Å². The molecule has 1 aliphatic carbocycles. The fourth-order valence-electron chi connectivity index (χ4n) is 1.81. The largest absolute Gasteiger partial charge is 0.391 e. The molecule has 1 atom stereocenters. The Morgan fingerprint density at radius 1 is 1.44 bits per heavy atom. The molecule has 1 N–H and O–H groups in total. The van der Waals surface area contributed by atoms with Gasteiger partial charge in [0.2, 0.25) is 10.0 Å². The fraction of sp³-hybridized carbons (Fsp3) is 0.500. The number of sulfonamides is 1. The van der Waals surface area contributed by atoms with Crippen molar-refractivity contribution < 1.29 is 17.9 Å². The minimum absolute atomic E-state index is 0.00132. The molecule has 1 unspecified atom stereocenters. The van der Waals surface area contributed by atoms with E-state index >= 15 is 0 Å². The van der Waals surface area contributed by atoms with E-state index in [2.05, 4.69) is 0 Å². The normalized spacial score (nSPS) is 18.0. The minimum Gasteiger partial charge on any atom is -0.391 e. The maximum absolute atomic E-state index is 13.5. The number of benzene rings is 1. The molecule has 1 fully saturated rings. The number of aliphatic hydroxyl groups excluding tert-OH is 1. The Labute approximate surface area is 106 Å². The van der Waals surface area contributed by atoms with Crippen LogP contribution in [-0.2, 0) is 10.0 Å². The minimum atomic E-state index is -3.87. The van der Waals surface area contributed by atoms with Crippen molar-refractivity contribution in [2.45, 2.75) is 23.8 Å². The third kappa shape index (κ3) is 2.71. The van der Waals surface area contributed by atoms with Crippen molar-refractivity contribution in [1.82, 2.24) is 4.31 Å². The van der Waals surface area contributed by atoms with Crippen LogP contribution in [0.25, 0.3) is 0 Å². The molecule has 1 aliphatic rings. The van der Waals surface area contributed by atoms with Gasteiger partial charge in [-0.15, -0.1) is 0 Å². The predicted molar refractivity (Wildman–Crippen MR) is 64.9 cm³/mol. The van der Waals surface area contributed by atoms with E-state index in [0.29, 0.717) is 0 Å². The summed E-state index contributed by atoms with van der Waals surface area (Å²) >= 11 is 0. The van der Waals surface area contributed by atoms with Gasteiger partial charge in [0.05, 0.1) is 6.10 Å². The van der Waals surface area contributed by atoms with Gasteiger partial charge in [-0.25, -0.2) is 12.8 Å². The molecule has 1 saturated carbocycles. The molecular weight excluding hydrogens is 257 g/mol. The van der Waals surface area contributed by atoms with Gasteiger partial charge in [0.15, 0.2) is 0 Å². The maximum atomic E-state index is 13.5. The standard InChI is InChI=1S/C12H16FNO3S/c1-14(8-11(15)9-6-7-9)18(16,17)12-5-3-2-4-10(12)13/h2-5,9,11,15H,6-8H2,1H3. The van der Waals surface area contributed by atoms with Crippen LogP contribution in [0.2, 0.25) is 0 Å². The summed E-state index contributed by atoms with van der Waals surface area (Å²) < 4.78 is 38.7. The number of aliphatic hydroxyl groups is 1. The number of likely N-dealkylation sites (N-methyl/N-ethyl adjacent to an activating group) is 1. The molecule has 1 aromatic carbocycles. The van der Waals surface area contributed by atoms with Gasteiger partial charge in [-0.3, -0.25) is 0 Å². The van der Waals surface area contributed by atoms with Crippen molar-refractivity contribution in [3.05, 3.63) is 30.1 Å². The predicted octanol–water partition coefficient (Wildman–Crippen LogP) is 1.22. The lowest BCUT2D eigenvalue weighted by Crippen LogP contribution is -2.35. The van der Waals surface area contributed by atoms with Crippen molar-refractivity contribution >= 4 is 10.0 Å². The van der Waals surface area contributed by atoms with Gasteiger partial charge in [0.1, 0.15) is 10.7 Å². The van der Waals surface area contributed by atoms with E-state index < -0.39 is 21.9 Å². The molecule has 0 aromatic heterocycles. The van der Waals surface area contributed by atoms with E-state index in [0.717, 1.165) is 23.2 Å². The Morgan fingerprint density at radius 2 is 2.06 bits per heavy atom. The first-order valence-electron chi connectivity index (χ1n) is 5.82. The van der Waals surface area contributed by atoms with Gasteiger partial charge in [0.25, 0.3) is 0 Å². The highest BCUT2D eigenvalue weighted by atomic mass is 32.2. The summed E-state index contributed by atoms with van der Waals surface area (Å²) in [6.45, 7) is 0.00132. The third-order valence-corrected chi connectivity index (χ3v) is 4.99. The van der Waals surface area contributed by atoms with Gasteiger partial charge >= 0.3 is 0 Å². The van der Waals surface area contributed by atoms with Gasteiger partial charge in [-0.1, -0.05) is 12.1 Å². The molecule has 0 aliphatic heterocycles. The average molecular weight is 273 g/mol. The lowest BCUT2D eigenvalue weighted by molar-refractivity contribution is 0.131. The highest BCUT2D eigenvalue weighted by Gasteiger charge is 2.33. The van der Waals surface area contributed by atoms with Crippen molar-refractivity contribution in [2.24, 2.45) is 5.92 Å². The first-order chi connectivity index (χ1) is 8.43. The molecule has 0 spiro atoms. The number of hydrogen-bond donors (Lipinski definition) is 1. The summed E-state index contributed by atoms with van der Waals surface area (Å²) in [5, 5.41) is 9.74. The van der Waals surface area contributed by atoms with Crippen LogP contribution in [0.15, 0.2) is 29.2 Å². The molecule has 6 heteroatoms. The zero-order chi connectivity index (χ0) is 13.3. The van der Waals surface area contributed by atoms with Crippen LogP contribution in [-0.4, -0.2) is 37.5 Å². The van der Waals surface area contributed by atoms with E-state index in [4.69, 9.17) is 0 Å². The van der Waals surface area contributed by atoms with Gasteiger partial charge in [-0.05, 0) is 30.9 Å². The summed E-state index contributed by atoms with van der Waals surface area (Å²) in [5.41, 5.74) is 0. The number of nitrogens with zero attached hydrogens (tertiary/aromatic N) is 1. The first-order valence-corrected chi connectivity index (χ1v) is 7.26. The van der Waals surface area contributed by atoms with Crippen LogP contribution in [0.3, 0.4) is 0 Å². The Hall–Kier alpha value is -0.980. The molecule has 0 radical (unpaired) electrons. The highest BCUT2D eigenvalue weighted by Crippen LogP contribution is 2.33. The molecule has 0 bridgehead atoms. The summed E-state index contributed by atoms with van der Waals surface area (Å²) in [7, 11) is -2.52. The summed E-state index contributed by atoms with van der Waals surface area (Å²) in [4.78, 5) is -0.351. The Balaban J connectivity index is 2.17. The Morgan fingerprint density at radius 3 is 2.61 bits per heavy atom. The topological polar surface area (TPSA) is 57.6 Å². The molecule has 1 aromatic rings. The summed E-state index contributed by atoms with van der Waals surface area (Å²) in [5.74, 6) is -0.589. The van der Waals surface area contributed by atoms with Crippen molar-refractivity contribution in [3.8, 4) is 0 Å². The zero-order valence-corrected chi connectivity index (χ0v) is 10.9. The molecule has 18 heavy (non-hydrogen) atoms. The van der Waals surface area contributed by atoms with Gasteiger partial charge in [-0.2, -0.15) is 4.31 Å². The SMILES string of the molecule is CN(CC(O)C1CC1)S(=O)(=O)c1ccccc1F. The highest BCUT2D eigenvalue weighted by molar-refractivity contribution is 7.89. The number of hydrogen-bond acceptors (Lipinski definition) is 3. The fourth-order valence-corrected chi connectivity index (χ4v) is 3.06. The molecule has 4 nitrogen and oxygen atoms in total. The van der Waals surface area contributed by atoms with Crippen LogP contribution in [0.4, 0.5) is 4.39 Å². The lowest BCUT2D eigenvalue weighted by atomic mass is 10.2. The molecule has 0 heterocycles. The van der Waals surface area contributed by atoms with Gasteiger partial charge in [0, 0.05) is 13.6 Å². The monoisotopic (exact) mass is 273 g/mol. The van der Waals surface area contributed by atoms with Crippen molar-refractivity contribution in [1.29, 1.82) is 0 Å². The van der Waals surface area contributed by atoms with Crippen molar-refractivity contribution in [3.63, 3.8) is 0 Å². The Kier molecular flexibility index (Phi) is 3.70. The molecule has 0 saturated heterocycles. The van der Waals surface area contributed by atoms with Gasteiger partial charge < -0.3 is 5.11 Å². The molecule has 2 rings (SSSR count). The quantitative estimate of drug-likeness (QED) is 0.877. The summed E-state index contributed by atoms with van der Waals surface area (Å²) in [6.07, 6.45) is 1.18.